The van der Waals surface area contributed by atoms with E-state index in [2.05, 4.69) is 4.98 Å². The molecule has 2 N–H and O–H groups in total. The number of rotatable bonds is 2. The van der Waals surface area contributed by atoms with Gasteiger partial charge in [-0.05, 0) is 25.1 Å². The molecule has 100 valence electrons. The van der Waals surface area contributed by atoms with Crippen LogP contribution >= 0.6 is 11.3 Å². The molecule has 1 aromatic heterocycles. The molecule has 0 radical (unpaired) electrons. The first-order chi connectivity index (χ1) is 9.65. The summed E-state index contributed by atoms with van der Waals surface area (Å²) in [6.07, 6.45) is 0. The molecule has 0 atom stereocenters. The second-order valence-electron chi connectivity index (χ2n) is 4.49. The van der Waals surface area contributed by atoms with Crippen molar-refractivity contribution in [3.63, 3.8) is 0 Å². The van der Waals surface area contributed by atoms with Gasteiger partial charge < -0.3 is 10.2 Å². The van der Waals surface area contributed by atoms with Gasteiger partial charge >= 0.3 is 0 Å². The van der Waals surface area contributed by atoms with E-state index in [-0.39, 0.29) is 11.5 Å². The highest BCUT2D eigenvalue weighted by Crippen LogP contribution is 2.36. The van der Waals surface area contributed by atoms with E-state index in [1.807, 2.05) is 37.3 Å². The second-order valence-corrected chi connectivity index (χ2v) is 5.70. The van der Waals surface area contributed by atoms with Crippen molar-refractivity contribution >= 4 is 11.3 Å². The number of aromatic nitrogens is 1. The Morgan fingerprint density at radius 2 is 1.65 bits per heavy atom. The van der Waals surface area contributed by atoms with Gasteiger partial charge in [0.15, 0.2) is 11.5 Å². The lowest BCUT2D eigenvalue weighted by molar-refractivity contribution is 0.404. The van der Waals surface area contributed by atoms with Gasteiger partial charge in [-0.3, -0.25) is 0 Å². The zero-order chi connectivity index (χ0) is 14.1. The third-order valence-electron chi connectivity index (χ3n) is 3.07. The molecule has 0 amide bonds. The van der Waals surface area contributed by atoms with Crippen LogP contribution in [-0.4, -0.2) is 15.2 Å². The van der Waals surface area contributed by atoms with Crippen molar-refractivity contribution in [1.29, 1.82) is 0 Å². The van der Waals surface area contributed by atoms with Crippen molar-refractivity contribution in [3.05, 3.63) is 53.4 Å². The zero-order valence-corrected chi connectivity index (χ0v) is 11.7. The van der Waals surface area contributed by atoms with Gasteiger partial charge in [-0.1, -0.05) is 30.3 Å². The SMILES string of the molecule is Cc1sc(-c2ccc(O)c(O)c2)nc1-c1ccccc1. The number of nitrogens with zero attached hydrogens (tertiary/aromatic N) is 1. The number of hydrogen-bond donors (Lipinski definition) is 2. The third kappa shape index (κ3) is 2.26. The molecule has 1 heterocycles. The van der Waals surface area contributed by atoms with Crippen LogP contribution in [0.5, 0.6) is 11.5 Å². The van der Waals surface area contributed by atoms with Gasteiger partial charge in [-0.2, -0.15) is 0 Å². The Kier molecular flexibility index (Phi) is 3.16. The number of hydrogen-bond acceptors (Lipinski definition) is 4. The summed E-state index contributed by atoms with van der Waals surface area (Å²) >= 11 is 1.57. The summed E-state index contributed by atoms with van der Waals surface area (Å²) in [6.45, 7) is 2.03. The smallest absolute Gasteiger partial charge is 0.158 e. The highest BCUT2D eigenvalue weighted by Gasteiger charge is 2.12. The number of benzene rings is 2. The lowest BCUT2D eigenvalue weighted by Crippen LogP contribution is -1.81. The predicted octanol–water partition coefficient (Wildman–Crippen LogP) is 4.20. The minimum Gasteiger partial charge on any atom is -0.504 e. The summed E-state index contributed by atoms with van der Waals surface area (Å²) in [5.41, 5.74) is 2.84. The van der Waals surface area contributed by atoms with Crippen LogP contribution in [0.25, 0.3) is 21.8 Å². The van der Waals surface area contributed by atoms with Crippen LogP contribution < -0.4 is 0 Å². The van der Waals surface area contributed by atoms with Gasteiger partial charge in [0.25, 0.3) is 0 Å². The molecule has 2 aromatic carbocycles. The van der Waals surface area contributed by atoms with Gasteiger partial charge in [0, 0.05) is 16.0 Å². The normalized spacial score (nSPS) is 10.7. The average molecular weight is 283 g/mol. The lowest BCUT2D eigenvalue weighted by atomic mass is 10.1. The van der Waals surface area contributed by atoms with E-state index < -0.39 is 0 Å². The molecule has 0 aliphatic rings. The molecule has 0 saturated heterocycles. The molecule has 0 aliphatic carbocycles. The molecule has 0 fully saturated rings. The fourth-order valence-electron chi connectivity index (χ4n) is 2.04. The van der Waals surface area contributed by atoms with Crippen molar-refractivity contribution < 1.29 is 10.2 Å². The Hall–Kier alpha value is -2.33. The standard InChI is InChI=1S/C16H13NO2S/c1-10-15(11-5-3-2-4-6-11)17-16(20-10)12-7-8-13(18)14(19)9-12/h2-9,18-19H,1H3. The molecule has 0 unspecified atom stereocenters. The van der Waals surface area contributed by atoms with E-state index in [0.29, 0.717) is 0 Å². The first-order valence-corrected chi connectivity index (χ1v) is 7.02. The second kappa shape index (κ2) is 4.98. The minimum atomic E-state index is -0.128. The topological polar surface area (TPSA) is 53.4 Å². The maximum absolute atomic E-state index is 9.58. The van der Waals surface area contributed by atoms with Crippen molar-refractivity contribution in [3.8, 4) is 33.3 Å². The zero-order valence-electron chi connectivity index (χ0n) is 10.9. The summed E-state index contributed by atoms with van der Waals surface area (Å²) in [5.74, 6) is -0.248. The highest BCUT2D eigenvalue weighted by molar-refractivity contribution is 7.15. The highest BCUT2D eigenvalue weighted by atomic mass is 32.1. The molecule has 0 bridgehead atoms. The maximum Gasteiger partial charge on any atom is 0.158 e. The Bertz CT molecular complexity index is 750. The van der Waals surface area contributed by atoms with Gasteiger partial charge in [0.05, 0.1) is 5.69 Å². The van der Waals surface area contributed by atoms with E-state index >= 15 is 0 Å². The van der Waals surface area contributed by atoms with Crippen LogP contribution in [-0.2, 0) is 0 Å². The van der Waals surface area contributed by atoms with E-state index in [0.717, 1.165) is 26.7 Å². The van der Waals surface area contributed by atoms with E-state index in [4.69, 9.17) is 0 Å². The van der Waals surface area contributed by atoms with E-state index in [1.165, 1.54) is 12.1 Å². The number of aromatic hydroxyl groups is 2. The fourth-order valence-corrected chi connectivity index (χ4v) is 2.97. The molecule has 0 aliphatic heterocycles. The van der Waals surface area contributed by atoms with E-state index in [1.54, 1.807) is 17.4 Å². The monoisotopic (exact) mass is 283 g/mol. The average Bonchev–Trinajstić information content (AvgIpc) is 2.85. The maximum atomic E-state index is 9.58. The summed E-state index contributed by atoms with van der Waals surface area (Å²) in [4.78, 5) is 5.77. The minimum absolute atomic E-state index is 0.120. The first kappa shape index (κ1) is 12.7. The first-order valence-electron chi connectivity index (χ1n) is 6.20. The molecular formula is C16H13NO2S. The number of phenols is 2. The van der Waals surface area contributed by atoms with Gasteiger partial charge in [-0.15, -0.1) is 11.3 Å². The Balaban J connectivity index is 2.06. The number of aryl methyl sites for hydroxylation is 1. The fraction of sp³-hybridized carbons (Fsp3) is 0.0625. The number of thiazole rings is 1. The van der Waals surface area contributed by atoms with Crippen molar-refractivity contribution in [2.24, 2.45) is 0 Å². The Labute approximate surface area is 120 Å². The molecule has 3 aromatic rings. The van der Waals surface area contributed by atoms with Crippen LogP contribution in [0.4, 0.5) is 0 Å². The van der Waals surface area contributed by atoms with Crippen molar-refractivity contribution in [1.82, 2.24) is 4.98 Å². The molecule has 20 heavy (non-hydrogen) atoms. The summed E-state index contributed by atoms with van der Waals surface area (Å²) in [7, 11) is 0. The van der Waals surface area contributed by atoms with Gasteiger partial charge in [0.1, 0.15) is 5.01 Å². The van der Waals surface area contributed by atoms with Gasteiger partial charge in [0.2, 0.25) is 0 Å². The van der Waals surface area contributed by atoms with Crippen LogP contribution in [0, 0.1) is 6.92 Å². The summed E-state index contributed by atoms with van der Waals surface area (Å²) in [5, 5.41) is 19.8. The third-order valence-corrected chi connectivity index (χ3v) is 4.09. The van der Waals surface area contributed by atoms with Crippen LogP contribution in [0.15, 0.2) is 48.5 Å². The Morgan fingerprint density at radius 1 is 0.900 bits per heavy atom. The largest absolute Gasteiger partial charge is 0.504 e. The lowest BCUT2D eigenvalue weighted by Gasteiger charge is -2.00. The van der Waals surface area contributed by atoms with Crippen molar-refractivity contribution in [2.75, 3.05) is 0 Å². The molecular weight excluding hydrogens is 270 g/mol. The predicted molar refractivity (Wildman–Crippen MR) is 81.1 cm³/mol. The molecule has 4 heteroatoms. The molecule has 0 spiro atoms. The number of phenolic OH excluding ortho intramolecular Hbond substituents is 2. The molecule has 0 saturated carbocycles. The van der Waals surface area contributed by atoms with Crippen LogP contribution in [0.3, 0.4) is 0 Å². The van der Waals surface area contributed by atoms with E-state index in [9.17, 15) is 10.2 Å². The summed E-state index contributed by atoms with van der Waals surface area (Å²) < 4.78 is 0. The summed E-state index contributed by atoms with van der Waals surface area (Å²) in [6, 6.07) is 14.8. The molecule has 3 rings (SSSR count). The molecule has 3 nitrogen and oxygen atoms in total. The van der Waals surface area contributed by atoms with Crippen LogP contribution in [0.2, 0.25) is 0 Å². The van der Waals surface area contributed by atoms with Gasteiger partial charge in [-0.25, -0.2) is 4.98 Å². The van der Waals surface area contributed by atoms with Crippen molar-refractivity contribution in [2.45, 2.75) is 6.92 Å². The van der Waals surface area contributed by atoms with Crippen LogP contribution in [0.1, 0.15) is 4.88 Å². The quantitative estimate of drug-likeness (QED) is 0.693. The Morgan fingerprint density at radius 3 is 2.35 bits per heavy atom.